The highest BCUT2D eigenvalue weighted by atomic mass is 14.2. The zero-order valence-corrected chi connectivity index (χ0v) is 11.0. The minimum atomic E-state index is 0.883. The summed E-state index contributed by atoms with van der Waals surface area (Å²) < 4.78 is 0. The molecule has 0 aromatic heterocycles. The molecule has 1 aliphatic rings. The third-order valence-electron chi connectivity index (χ3n) is 3.78. The number of hydrogen-bond acceptors (Lipinski definition) is 0. The van der Waals surface area contributed by atoms with Gasteiger partial charge in [-0.2, -0.15) is 0 Å². The van der Waals surface area contributed by atoms with Crippen LogP contribution in [-0.4, -0.2) is 0 Å². The van der Waals surface area contributed by atoms with Crippen LogP contribution in [0.4, 0.5) is 0 Å². The van der Waals surface area contributed by atoms with E-state index in [4.69, 9.17) is 0 Å². The van der Waals surface area contributed by atoms with Crippen molar-refractivity contribution in [1.82, 2.24) is 0 Å². The Hall–Kier alpha value is -0.520. The highest BCUT2D eigenvalue weighted by Crippen LogP contribution is 2.32. The van der Waals surface area contributed by atoms with Gasteiger partial charge in [0.05, 0.1) is 0 Å². The van der Waals surface area contributed by atoms with Crippen LogP contribution in [0, 0.1) is 5.92 Å². The molecule has 1 fully saturated rings. The van der Waals surface area contributed by atoms with Crippen LogP contribution >= 0.6 is 0 Å². The van der Waals surface area contributed by atoms with Gasteiger partial charge in [0, 0.05) is 0 Å². The van der Waals surface area contributed by atoms with E-state index in [1.165, 1.54) is 64.2 Å². The zero-order chi connectivity index (χ0) is 11.6. The molecule has 0 heterocycles. The highest BCUT2D eigenvalue weighted by Gasteiger charge is 2.16. The lowest BCUT2D eigenvalue weighted by Gasteiger charge is -2.24. The monoisotopic (exact) mass is 220 g/mol. The van der Waals surface area contributed by atoms with Crippen molar-refractivity contribution in [2.75, 3.05) is 0 Å². The van der Waals surface area contributed by atoms with Crippen LogP contribution in [0.5, 0.6) is 0 Å². The molecule has 0 amide bonds. The second kappa shape index (κ2) is 8.61. The van der Waals surface area contributed by atoms with Crippen molar-refractivity contribution in [2.24, 2.45) is 5.92 Å². The molecule has 0 heteroatoms. The SMILES string of the molecule is C=C/C=C(/CCCCCC)C1CCCCC1. The molecule has 0 saturated heterocycles. The number of rotatable bonds is 7. The van der Waals surface area contributed by atoms with E-state index in [9.17, 15) is 0 Å². The van der Waals surface area contributed by atoms with Crippen LogP contribution in [0.25, 0.3) is 0 Å². The van der Waals surface area contributed by atoms with Gasteiger partial charge in [-0.25, -0.2) is 0 Å². The van der Waals surface area contributed by atoms with Crippen LogP contribution in [0.2, 0.25) is 0 Å². The van der Waals surface area contributed by atoms with Crippen LogP contribution in [0.15, 0.2) is 24.3 Å². The van der Waals surface area contributed by atoms with Crippen LogP contribution in [0.1, 0.15) is 71.1 Å². The van der Waals surface area contributed by atoms with Crippen molar-refractivity contribution in [3.8, 4) is 0 Å². The van der Waals surface area contributed by atoms with Crippen molar-refractivity contribution in [3.05, 3.63) is 24.3 Å². The molecule has 1 rings (SSSR count). The maximum Gasteiger partial charge on any atom is -0.0200 e. The lowest BCUT2D eigenvalue weighted by Crippen LogP contribution is -2.09. The minimum Gasteiger partial charge on any atom is -0.0991 e. The summed E-state index contributed by atoms with van der Waals surface area (Å²) in [5.74, 6) is 0.883. The molecule has 0 radical (unpaired) electrons. The summed E-state index contributed by atoms with van der Waals surface area (Å²) >= 11 is 0. The first-order chi connectivity index (χ1) is 7.88. The van der Waals surface area contributed by atoms with E-state index >= 15 is 0 Å². The van der Waals surface area contributed by atoms with Crippen molar-refractivity contribution in [2.45, 2.75) is 71.1 Å². The van der Waals surface area contributed by atoms with E-state index in [2.05, 4.69) is 19.6 Å². The van der Waals surface area contributed by atoms with Crippen LogP contribution in [0.3, 0.4) is 0 Å². The van der Waals surface area contributed by atoms with Gasteiger partial charge in [-0.1, -0.05) is 69.8 Å². The van der Waals surface area contributed by atoms with Crippen molar-refractivity contribution < 1.29 is 0 Å². The van der Waals surface area contributed by atoms with Crippen molar-refractivity contribution >= 4 is 0 Å². The third-order valence-corrected chi connectivity index (χ3v) is 3.78. The molecule has 0 aliphatic heterocycles. The normalized spacial score (nSPS) is 18.7. The van der Waals surface area contributed by atoms with E-state index in [1.807, 2.05) is 6.08 Å². The van der Waals surface area contributed by atoms with E-state index in [0.717, 1.165) is 5.92 Å². The van der Waals surface area contributed by atoms with E-state index in [1.54, 1.807) is 5.57 Å². The molecule has 0 nitrogen and oxygen atoms in total. The molecule has 1 aliphatic carbocycles. The molecular weight excluding hydrogens is 192 g/mol. The summed E-state index contributed by atoms with van der Waals surface area (Å²) in [6.45, 7) is 6.14. The molecule has 0 aromatic carbocycles. The predicted octanol–water partition coefficient (Wildman–Crippen LogP) is 5.65. The summed E-state index contributed by atoms with van der Waals surface area (Å²) in [6.07, 6.45) is 18.3. The van der Waals surface area contributed by atoms with Gasteiger partial charge < -0.3 is 0 Å². The summed E-state index contributed by atoms with van der Waals surface area (Å²) in [7, 11) is 0. The molecule has 0 aromatic rings. The summed E-state index contributed by atoms with van der Waals surface area (Å²) in [5, 5.41) is 0. The average Bonchev–Trinajstić information content (AvgIpc) is 2.34. The molecule has 0 N–H and O–H groups in total. The van der Waals surface area contributed by atoms with E-state index < -0.39 is 0 Å². The lowest BCUT2D eigenvalue weighted by molar-refractivity contribution is 0.392. The van der Waals surface area contributed by atoms with Gasteiger partial charge in [-0.05, 0) is 31.6 Å². The Morgan fingerprint density at radius 1 is 1.12 bits per heavy atom. The second-order valence-corrected chi connectivity index (χ2v) is 5.12. The average molecular weight is 220 g/mol. The number of unbranched alkanes of at least 4 members (excludes halogenated alkanes) is 3. The van der Waals surface area contributed by atoms with E-state index in [0.29, 0.717) is 0 Å². The predicted molar refractivity (Wildman–Crippen MR) is 73.6 cm³/mol. The van der Waals surface area contributed by atoms with Gasteiger partial charge in [0.1, 0.15) is 0 Å². The molecule has 0 atom stereocenters. The molecule has 92 valence electrons. The fourth-order valence-electron chi connectivity index (χ4n) is 2.80. The van der Waals surface area contributed by atoms with Gasteiger partial charge in [0.15, 0.2) is 0 Å². The molecule has 0 spiro atoms. The first-order valence-electron chi connectivity index (χ1n) is 7.20. The molecular formula is C16H28. The fourth-order valence-corrected chi connectivity index (χ4v) is 2.80. The Morgan fingerprint density at radius 3 is 2.50 bits per heavy atom. The van der Waals surface area contributed by atoms with Crippen LogP contribution < -0.4 is 0 Å². The lowest BCUT2D eigenvalue weighted by atomic mass is 9.81. The van der Waals surface area contributed by atoms with Gasteiger partial charge in [-0.3, -0.25) is 0 Å². The topological polar surface area (TPSA) is 0 Å². The largest absolute Gasteiger partial charge is 0.0991 e. The minimum absolute atomic E-state index is 0.883. The van der Waals surface area contributed by atoms with E-state index in [-0.39, 0.29) is 0 Å². The summed E-state index contributed by atoms with van der Waals surface area (Å²) in [6, 6.07) is 0. The Morgan fingerprint density at radius 2 is 1.88 bits per heavy atom. The Balaban J connectivity index is 2.34. The van der Waals surface area contributed by atoms with Crippen molar-refractivity contribution in [1.29, 1.82) is 0 Å². The fraction of sp³-hybridized carbons (Fsp3) is 0.750. The maximum atomic E-state index is 3.86. The molecule has 0 bridgehead atoms. The first-order valence-corrected chi connectivity index (χ1v) is 7.20. The molecule has 0 unspecified atom stereocenters. The first kappa shape index (κ1) is 13.5. The van der Waals surface area contributed by atoms with Gasteiger partial charge >= 0.3 is 0 Å². The number of hydrogen-bond donors (Lipinski definition) is 0. The van der Waals surface area contributed by atoms with Crippen LogP contribution in [-0.2, 0) is 0 Å². The Kier molecular flexibility index (Phi) is 7.29. The summed E-state index contributed by atoms with van der Waals surface area (Å²) in [4.78, 5) is 0. The smallest absolute Gasteiger partial charge is 0.0200 e. The molecule has 1 saturated carbocycles. The Bertz CT molecular complexity index is 206. The third kappa shape index (κ3) is 5.01. The highest BCUT2D eigenvalue weighted by molar-refractivity contribution is 5.14. The molecule has 16 heavy (non-hydrogen) atoms. The standard InChI is InChI=1S/C16H28/c1-3-5-6-8-12-15(11-4-2)16-13-9-7-10-14-16/h4,11,16H,2-3,5-10,12-14H2,1H3/b15-11-. The van der Waals surface area contributed by atoms with Gasteiger partial charge in [0.25, 0.3) is 0 Å². The van der Waals surface area contributed by atoms with Gasteiger partial charge in [-0.15, -0.1) is 0 Å². The van der Waals surface area contributed by atoms with Crippen molar-refractivity contribution in [3.63, 3.8) is 0 Å². The number of allylic oxidation sites excluding steroid dienone is 3. The van der Waals surface area contributed by atoms with Gasteiger partial charge in [0.2, 0.25) is 0 Å². The summed E-state index contributed by atoms with van der Waals surface area (Å²) in [5.41, 5.74) is 1.69. The quantitative estimate of drug-likeness (QED) is 0.384. The Labute approximate surface area is 102 Å². The maximum absolute atomic E-state index is 3.86. The second-order valence-electron chi connectivity index (χ2n) is 5.12. The zero-order valence-electron chi connectivity index (χ0n) is 11.0.